The lowest BCUT2D eigenvalue weighted by molar-refractivity contribution is -0.129. The van der Waals surface area contributed by atoms with Crippen LogP contribution in [0, 0.1) is 6.92 Å². The summed E-state index contributed by atoms with van der Waals surface area (Å²) in [6, 6.07) is 0.205. The molecule has 0 saturated carbocycles. The van der Waals surface area contributed by atoms with E-state index in [0.29, 0.717) is 0 Å². The largest absolute Gasteiger partial charge is 0.323 e. The van der Waals surface area contributed by atoms with Crippen LogP contribution in [0.1, 0.15) is 22.9 Å². The molecule has 76 valence electrons. The molecule has 1 atom stereocenters. The van der Waals surface area contributed by atoms with Crippen LogP contribution in [-0.2, 0) is 4.79 Å². The highest BCUT2D eigenvalue weighted by molar-refractivity contribution is 7.99. The maximum absolute atomic E-state index is 11.3. The predicted molar refractivity (Wildman–Crippen MR) is 59.4 cm³/mol. The Kier molecular flexibility index (Phi) is 2.78. The van der Waals surface area contributed by atoms with Gasteiger partial charge in [0.1, 0.15) is 5.01 Å². The average Bonchev–Trinajstić information content (AvgIpc) is 2.70. The van der Waals surface area contributed by atoms with E-state index in [9.17, 15) is 4.79 Å². The lowest BCUT2D eigenvalue weighted by Gasteiger charge is -2.19. The van der Waals surface area contributed by atoms with E-state index in [-0.39, 0.29) is 11.9 Å². The summed E-state index contributed by atoms with van der Waals surface area (Å²) in [5.74, 6) is 1.93. The van der Waals surface area contributed by atoms with Crippen molar-refractivity contribution in [2.45, 2.75) is 19.9 Å². The Labute approximate surface area is 91.5 Å². The molecule has 0 radical (unpaired) electrons. The lowest BCUT2D eigenvalue weighted by Crippen LogP contribution is -2.28. The van der Waals surface area contributed by atoms with Gasteiger partial charge in [0.15, 0.2) is 0 Å². The summed E-state index contributed by atoms with van der Waals surface area (Å²) in [5, 5.41) is 1.07. The van der Waals surface area contributed by atoms with Gasteiger partial charge in [0.05, 0.1) is 11.9 Å². The van der Waals surface area contributed by atoms with Gasteiger partial charge in [-0.1, -0.05) is 0 Å². The van der Waals surface area contributed by atoms with E-state index in [0.717, 1.165) is 16.6 Å². The van der Waals surface area contributed by atoms with Crippen LogP contribution in [0.3, 0.4) is 0 Å². The second kappa shape index (κ2) is 3.90. The highest BCUT2D eigenvalue weighted by Gasteiger charge is 2.30. The van der Waals surface area contributed by atoms with Crippen molar-refractivity contribution >= 4 is 29.0 Å². The van der Waals surface area contributed by atoms with Crippen molar-refractivity contribution < 1.29 is 4.79 Å². The van der Waals surface area contributed by atoms with Crippen molar-refractivity contribution in [2.75, 3.05) is 11.6 Å². The highest BCUT2D eigenvalue weighted by Crippen LogP contribution is 2.34. The minimum absolute atomic E-state index is 0.146. The summed E-state index contributed by atoms with van der Waals surface area (Å²) >= 11 is 3.48. The molecule has 1 unspecified atom stereocenters. The number of amides is 1. The van der Waals surface area contributed by atoms with Crippen molar-refractivity contribution in [3.05, 3.63) is 16.1 Å². The second-order valence-electron chi connectivity index (χ2n) is 3.31. The molecule has 1 fully saturated rings. The lowest BCUT2D eigenvalue weighted by atomic mass is 10.3. The van der Waals surface area contributed by atoms with Gasteiger partial charge in [-0.2, -0.15) is 0 Å². The minimum atomic E-state index is 0.146. The van der Waals surface area contributed by atoms with Crippen molar-refractivity contribution in [3.63, 3.8) is 0 Å². The Balaban J connectivity index is 2.21. The molecular formula is C9H12N2OS2. The molecule has 0 aromatic carbocycles. The average molecular weight is 228 g/mol. The van der Waals surface area contributed by atoms with Crippen LogP contribution < -0.4 is 0 Å². The molecule has 1 amide bonds. The van der Waals surface area contributed by atoms with Crippen LogP contribution in [-0.4, -0.2) is 27.4 Å². The molecule has 1 aliphatic rings. The molecule has 2 rings (SSSR count). The van der Waals surface area contributed by atoms with E-state index < -0.39 is 0 Å². The standard InChI is InChI=1S/C9H12N2OS2/c1-6-3-10-9(14-6)8-4-13-5-11(8)7(2)12/h3,8H,4-5H2,1-2H3. The summed E-state index contributed by atoms with van der Waals surface area (Å²) in [7, 11) is 0. The molecule has 0 N–H and O–H groups in total. The highest BCUT2D eigenvalue weighted by atomic mass is 32.2. The van der Waals surface area contributed by atoms with Crippen LogP contribution in [0.15, 0.2) is 6.20 Å². The zero-order chi connectivity index (χ0) is 10.1. The summed E-state index contributed by atoms with van der Waals surface area (Å²) in [6.07, 6.45) is 1.88. The number of hydrogen-bond acceptors (Lipinski definition) is 4. The first-order valence-electron chi connectivity index (χ1n) is 4.46. The Morgan fingerprint density at radius 1 is 1.71 bits per heavy atom. The molecule has 3 nitrogen and oxygen atoms in total. The van der Waals surface area contributed by atoms with E-state index in [1.807, 2.05) is 18.0 Å². The number of aryl methyl sites for hydroxylation is 1. The minimum Gasteiger partial charge on any atom is -0.323 e. The van der Waals surface area contributed by atoms with Gasteiger partial charge in [-0.15, -0.1) is 23.1 Å². The fourth-order valence-corrected chi connectivity index (χ4v) is 3.70. The Morgan fingerprint density at radius 2 is 2.50 bits per heavy atom. The molecular weight excluding hydrogens is 216 g/mol. The van der Waals surface area contributed by atoms with Gasteiger partial charge in [-0.3, -0.25) is 4.79 Å². The van der Waals surface area contributed by atoms with E-state index in [1.165, 1.54) is 4.88 Å². The van der Waals surface area contributed by atoms with Crippen molar-refractivity contribution in [3.8, 4) is 0 Å². The van der Waals surface area contributed by atoms with E-state index in [4.69, 9.17) is 0 Å². The fourth-order valence-electron chi connectivity index (χ4n) is 1.48. The second-order valence-corrected chi connectivity index (χ2v) is 5.58. The van der Waals surface area contributed by atoms with E-state index in [1.54, 1.807) is 30.0 Å². The van der Waals surface area contributed by atoms with Gasteiger partial charge in [0.2, 0.25) is 5.91 Å². The molecule has 0 bridgehead atoms. The first-order valence-corrected chi connectivity index (χ1v) is 6.43. The Morgan fingerprint density at radius 3 is 3.07 bits per heavy atom. The van der Waals surface area contributed by atoms with Crippen molar-refractivity contribution in [1.82, 2.24) is 9.88 Å². The monoisotopic (exact) mass is 228 g/mol. The Bertz CT molecular complexity index is 350. The predicted octanol–water partition coefficient (Wildman–Crippen LogP) is 2.05. The smallest absolute Gasteiger partial charge is 0.220 e. The van der Waals surface area contributed by atoms with Gasteiger partial charge >= 0.3 is 0 Å². The van der Waals surface area contributed by atoms with Crippen LogP contribution in [0.4, 0.5) is 0 Å². The number of aromatic nitrogens is 1. The van der Waals surface area contributed by atoms with Crippen LogP contribution >= 0.6 is 23.1 Å². The third-order valence-electron chi connectivity index (χ3n) is 2.21. The molecule has 2 heterocycles. The first-order chi connectivity index (χ1) is 6.68. The van der Waals surface area contributed by atoms with E-state index >= 15 is 0 Å². The molecule has 5 heteroatoms. The number of thiazole rings is 1. The molecule has 0 aliphatic carbocycles. The number of nitrogens with zero attached hydrogens (tertiary/aromatic N) is 2. The van der Waals surface area contributed by atoms with Crippen molar-refractivity contribution in [1.29, 1.82) is 0 Å². The topological polar surface area (TPSA) is 33.2 Å². The number of hydrogen-bond donors (Lipinski definition) is 0. The number of carbonyl (C=O) groups excluding carboxylic acids is 1. The van der Waals surface area contributed by atoms with E-state index in [2.05, 4.69) is 4.98 Å². The maximum atomic E-state index is 11.3. The molecule has 14 heavy (non-hydrogen) atoms. The van der Waals surface area contributed by atoms with Gasteiger partial charge in [-0.05, 0) is 6.92 Å². The zero-order valence-electron chi connectivity index (χ0n) is 8.19. The number of carbonyl (C=O) groups is 1. The molecule has 1 saturated heterocycles. The van der Waals surface area contributed by atoms with Gasteiger partial charge in [0, 0.05) is 23.8 Å². The molecule has 1 aromatic rings. The van der Waals surface area contributed by atoms with Gasteiger partial charge < -0.3 is 4.90 Å². The van der Waals surface area contributed by atoms with Crippen LogP contribution in [0.2, 0.25) is 0 Å². The SMILES string of the molecule is CC(=O)N1CSCC1c1ncc(C)s1. The summed E-state index contributed by atoms with van der Waals surface area (Å²) in [5.41, 5.74) is 0. The third kappa shape index (κ3) is 1.79. The van der Waals surface area contributed by atoms with Crippen LogP contribution in [0.5, 0.6) is 0 Å². The molecule has 0 spiro atoms. The molecule has 1 aliphatic heterocycles. The van der Waals surface area contributed by atoms with Gasteiger partial charge in [0.25, 0.3) is 0 Å². The van der Waals surface area contributed by atoms with Crippen LogP contribution in [0.25, 0.3) is 0 Å². The summed E-state index contributed by atoms with van der Waals surface area (Å²) in [4.78, 5) is 18.8. The van der Waals surface area contributed by atoms with Gasteiger partial charge in [-0.25, -0.2) is 4.98 Å². The maximum Gasteiger partial charge on any atom is 0.220 e. The Hall–Kier alpha value is -0.550. The normalized spacial score (nSPS) is 21.6. The molecule has 1 aromatic heterocycles. The summed E-state index contributed by atoms with van der Waals surface area (Å²) in [6.45, 7) is 3.67. The quantitative estimate of drug-likeness (QED) is 0.737. The zero-order valence-corrected chi connectivity index (χ0v) is 9.82. The fraction of sp³-hybridized carbons (Fsp3) is 0.556. The number of thioether (sulfide) groups is 1. The van der Waals surface area contributed by atoms with Crippen molar-refractivity contribution in [2.24, 2.45) is 0 Å². The summed E-state index contributed by atoms with van der Waals surface area (Å²) < 4.78 is 0. The number of rotatable bonds is 1. The first kappa shape index (κ1) is 9.98. The third-order valence-corrected chi connectivity index (χ3v) is 4.24.